The lowest BCUT2D eigenvalue weighted by Crippen LogP contribution is -1.85. The minimum atomic E-state index is 0.734. The van der Waals surface area contributed by atoms with Crippen molar-refractivity contribution in [2.24, 2.45) is 0 Å². The van der Waals surface area contributed by atoms with E-state index in [9.17, 15) is 0 Å². The maximum absolute atomic E-state index is 6.04. The van der Waals surface area contributed by atoms with Gasteiger partial charge in [0.05, 0.1) is 28.4 Å². The summed E-state index contributed by atoms with van der Waals surface area (Å²) in [5.41, 5.74) is 4.61. The van der Waals surface area contributed by atoms with Gasteiger partial charge in [-0.15, -0.1) is 0 Å². The molecule has 6 rings (SSSR count). The Morgan fingerprint density at radius 3 is 2.06 bits per heavy atom. The van der Waals surface area contributed by atoms with E-state index in [4.69, 9.17) is 14.5 Å². The average molecular weight is 418 g/mol. The number of benzene rings is 4. The minimum absolute atomic E-state index is 0.734. The number of para-hydroxylation sites is 1. The van der Waals surface area contributed by atoms with Gasteiger partial charge in [0, 0.05) is 17.7 Å². The number of fused-ring (bicyclic) bond motifs is 2. The second-order valence-electron chi connectivity index (χ2n) is 7.39. The number of nitrogens with one attached hydrogen (secondary N) is 2. The van der Waals surface area contributed by atoms with Crippen LogP contribution in [0.2, 0.25) is 0 Å². The van der Waals surface area contributed by atoms with E-state index in [1.165, 1.54) is 0 Å². The molecule has 0 aliphatic heterocycles. The fraction of sp³-hybridized carbons (Fsp3) is 0. The molecule has 0 radical (unpaired) electrons. The van der Waals surface area contributed by atoms with Crippen molar-refractivity contribution in [3.8, 4) is 34.4 Å². The molecule has 0 amide bonds. The molecule has 0 bridgehead atoms. The summed E-state index contributed by atoms with van der Waals surface area (Å²) in [7, 11) is 0. The first kappa shape index (κ1) is 18.2. The standard InChI is InChI=1S/C26H18N4O2/c1-2-4-18(5-3-1)31-19-8-6-17(7-9-19)26-29-23-13-11-21(15-25(23)30-26)32-20-10-12-22-24(14-20)28-16-27-22/h1-16H,(H,27,28)(H,29,30). The van der Waals surface area contributed by atoms with E-state index < -0.39 is 0 Å². The normalized spacial score (nSPS) is 11.1. The Morgan fingerprint density at radius 1 is 0.594 bits per heavy atom. The quantitative estimate of drug-likeness (QED) is 0.327. The Balaban J connectivity index is 1.23. The maximum atomic E-state index is 6.04. The summed E-state index contributed by atoms with van der Waals surface area (Å²) in [5.74, 6) is 3.86. The van der Waals surface area contributed by atoms with Crippen LogP contribution < -0.4 is 9.47 Å². The second-order valence-corrected chi connectivity index (χ2v) is 7.39. The van der Waals surface area contributed by atoms with Crippen molar-refractivity contribution in [2.75, 3.05) is 0 Å². The molecule has 6 nitrogen and oxygen atoms in total. The largest absolute Gasteiger partial charge is 0.457 e. The number of H-pyrrole nitrogens is 2. The summed E-state index contributed by atoms with van der Waals surface area (Å²) < 4.78 is 11.9. The Hall–Kier alpha value is -4.58. The van der Waals surface area contributed by atoms with Crippen LogP contribution in [0.3, 0.4) is 0 Å². The number of imidazole rings is 2. The van der Waals surface area contributed by atoms with Gasteiger partial charge in [0.2, 0.25) is 0 Å². The zero-order chi connectivity index (χ0) is 21.3. The van der Waals surface area contributed by atoms with Gasteiger partial charge in [0.1, 0.15) is 28.8 Å². The molecule has 0 aliphatic rings. The van der Waals surface area contributed by atoms with Crippen LogP contribution in [-0.2, 0) is 0 Å². The second kappa shape index (κ2) is 7.59. The molecule has 2 aromatic heterocycles. The van der Waals surface area contributed by atoms with Crippen LogP contribution in [0.4, 0.5) is 0 Å². The summed E-state index contributed by atoms with van der Waals surface area (Å²) in [4.78, 5) is 15.4. The lowest BCUT2D eigenvalue weighted by Gasteiger charge is -2.05. The van der Waals surface area contributed by atoms with Crippen LogP contribution in [-0.4, -0.2) is 19.9 Å². The van der Waals surface area contributed by atoms with Gasteiger partial charge in [0.25, 0.3) is 0 Å². The van der Waals surface area contributed by atoms with Crippen molar-refractivity contribution in [1.29, 1.82) is 0 Å². The van der Waals surface area contributed by atoms with Crippen LogP contribution >= 0.6 is 0 Å². The molecule has 0 spiro atoms. The first-order valence-electron chi connectivity index (χ1n) is 10.2. The summed E-state index contributed by atoms with van der Waals surface area (Å²) >= 11 is 0. The van der Waals surface area contributed by atoms with E-state index >= 15 is 0 Å². The van der Waals surface area contributed by atoms with Gasteiger partial charge in [-0.1, -0.05) is 18.2 Å². The molecule has 0 aliphatic carbocycles. The lowest BCUT2D eigenvalue weighted by molar-refractivity contribution is 0.482. The molecule has 6 aromatic rings. The van der Waals surface area contributed by atoms with Crippen molar-refractivity contribution in [3.05, 3.63) is 97.3 Å². The first-order chi connectivity index (χ1) is 15.8. The fourth-order valence-corrected chi connectivity index (χ4v) is 3.61. The van der Waals surface area contributed by atoms with E-state index in [1.54, 1.807) is 6.33 Å². The van der Waals surface area contributed by atoms with Gasteiger partial charge in [-0.25, -0.2) is 9.97 Å². The SMILES string of the molecule is c1ccc(Oc2ccc(-c3nc4ccc(Oc5ccc6nc[nH]c6c5)cc4[nH]3)cc2)cc1. The van der Waals surface area contributed by atoms with E-state index in [-0.39, 0.29) is 0 Å². The third-order valence-corrected chi connectivity index (χ3v) is 5.19. The number of aromatic amines is 2. The number of ether oxygens (including phenoxy) is 2. The molecule has 2 heterocycles. The molecular weight excluding hydrogens is 400 g/mol. The maximum Gasteiger partial charge on any atom is 0.138 e. The summed E-state index contributed by atoms with van der Waals surface area (Å²) in [6.07, 6.45) is 1.67. The van der Waals surface area contributed by atoms with E-state index in [0.717, 1.165) is 56.5 Å². The molecule has 0 atom stereocenters. The molecule has 154 valence electrons. The third kappa shape index (κ3) is 3.54. The van der Waals surface area contributed by atoms with Crippen LogP contribution in [0.5, 0.6) is 23.0 Å². The molecule has 6 heteroatoms. The Bertz CT molecular complexity index is 1520. The van der Waals surface area contributed by atoms with E-state index in [1.807, 2.05) is 91.0 Å². The summed E-state index contributed by atoms with van der Waals surface area (Å²) in [6, 6.07) is 29.2. The first-order valence-corrected chi connectivity index (χ1v) is 10.2. The highest BCUT2D eigenvalue weighted by molar-refractivity contribution is 5.81. The van der Waals surface area contributed by atoms with Crippen LogP contribution in [0.1, 0.15) is 0 Å². The molecule has 4 aromatic carbocycles. The van der Waals surface area contributed by atoms with Crippen molar-refractivity contribution < 1.29 is 9.47 Å². The van der Waals surface area contributed by atoms with Gasteiger partial charge in [0.15, 0.2) is 0 Å². The lowest BCUT2D eigenvalue weighted by atomic mass is 10.2. The van der Waals surface area contributed by atoms with Gasteiger partial charge in [-0.05, 0) is 60.7 Å². The number of hydrogen-bond donors (Lipinski definition) is 2. The van der Waals surface area contributed by atoms with Crippen molar-refractivity contribution in [3.63, 3.8) is 0 Å². The average Bonchev–Trinajstić information content (AvgIpc) is 3.46. The Labute approximate surface area is 183 Å². The molecule has 0 fully saturated rings. The van der Waals surface area contributed by atoms with Crippen molar-refractivity contribution in [1.82, 2.24) is 19.9 Å². The molecule has 0 unspecified atom stereocenters. The van der Waals surface area contributed by atoms with Crippen LogP contribution in [0.15, 0.2) is 97.3 Å². The Morgan fingerprint density at radius 2 is 1.25 bits per heavy atom. The van der Waals surface area contributed by atoms with E-state index in [0.29, 0.717) is 0 Å². The highest BCUT2D eigenvalue weighted by Gasteiger charge is 2.08. The molecule has 2 N–H and O–H groups in total. The molecule has 0 saturated heterocycles. The van der Waals surface area contributed by atoms with Crippen molar-refractivity contribution in [2.45, 2.75) is 0 Å². The predicted octanol–water partition coefficient (Wildman–Crippen LogP) is 6.69. The zero-order valence-electron chi connectivity index (χ0n) is 16.9. The van der Waals surface area contributed by atoms with Crippen molar-refractivity contribution >= 4 is 22.1 Å². The van der Waals surface area contributed by atoms with Crippen LogP contribution in [0.25, 0.3) is 33.5 Å². The smallest absolute Gasteiger partial charge is 0.138 e. The van der Waals surface area contributed by atoms with Gasteiger partial charge in [-0.2, -0.15) is 0 Å². The monoisotopic (exact) mass is 418 g/mol. The van der Waals surface area contributed by atoms with Crippen LogP contribution in [0, 0.1) is 0 Å². The number of nitrogens with zero attached hydrogens (tertiary/aromatic N) is 2. The Kier molecular flexibility index (Phi) is 4.32. The number of aromatic nitrogens is 4. The minimum Gasteiger partial charge on any atom is -0.457 e. The van der Waals surface area contributed by atoms with Gasteiger partial charge < -0.3 is 19.4 Å². The third-order valence-electron chi connectivity index (χ3n) is 5.19. The molecular formula is C26H18N4O2. The number of hydrogen-bond acceptors (Lipinski definition) is 4. The summed E-state index contributed by atoms with van der Waals surface area (Å²) in [6.45, 7) is 0. The van der Waals surface area contributed by atoms with Gasteiger partial charge >= 0.3 is 0 Å². The highest BCUT2D eigenvalue weighted by Crippen LogP contribution is 2.29. The topological polar surface area (TPSA) is 75.8 Å². The number of rotatable bonds is 5. The summed E-state index contributed by atoms with van der Waals surface area (Å²) in [5, 5.41) is 0. The molecule has 32 heavy (non-hydrogen) atoms. The zero-order valence-corrected chi connectivity index (χ0v) is 16.9. The highest BCUT2D eigenvalue weighted by atomic mass is 16.5. The fourth-order valence-electron chi connectivity index (χ4n) is 3.61. The predicted molar refractivity (Wildman–Crippen MR) is 124 cm³/mol. The molecule has 0 saturated carbocycles. The van der Waals surface area contributed by atoms with E-state index in [2.05, 4.69) is 15.0 Å². The van der Waals surface area contributed by atoms with Gasteiger partial charge in [-0.3, -0.25) is 0 Å².